The van der Waals surface area contributed by atoms with E-state index in [9.17, 15) is 9.59 Å². The molecule has 15 heavy (non-hydrogen) atoms. The SMILES string of the molecule is NC(=O)CNc1cc(C(=O)O)c(Cl)cn1. The minimum absolute atomic E-state index is 0.0344. The van der Waals surface area contributed by atoms with Crippen LogP contribution in [0.1, 0.15) is 10.4 Å². The van der Waals surface area contributed by atoms with Crippen LogP contribution in [0.2, 0.25) is 5.02 Å². The third kappa shape index (κ3) is 3.10. The average molecular weight is 230 g/mol. The molecule has 0 saturated carbocycles. The molecule has 0 bridgehead atoms. The van der Waals surface area contributed by atoms with Gasteiger partial charge in [-0.2, -0.15) is 0 Å². The number of nitrogens with zero attached hydrogens (tertiary/aromatic N) is 1. The van der Waals surface area contributed by atoms with Crippen molar-refractivity contribution < 1.29 is 14.7 Å². The van der Waals surface area contributed by atoms with Gasteiger partial charge in [0.2, 0.25) is 5.91 Å². The number of nitrogens with two attached hydrogens (primary N) is 1. The van der Waals surface area contributed by atoms with Crippen molar-refractivity contribution in [2.75, 3.05) is 11.9 Å². The van der Waals surface area contributed by atoms with Crippen LogP contribution < -0.4 is 11.1 Å². The average Bonchev–Trinajstić information content (AvgIpc) is 2.16. The Labute approximate surface area is 90.1 Å². The second-order valence-electron chi connectivity index (χ2n) is 2.67. The Bertz CT molecular complexity index is 408. The van der Waals surface area contributed by atoms with Crippen molar-refractivity contribution >= 4 is 29.3 Å². The van der Waals surface area contributed by atoms with Crippen molar-refractivity contribution in [3.05, 3.63) is 22.8 Å². The zero-order valence-corrected chi connectivity index (χ0v) is 8.28. The highest BCUT2D eigenvalue weighted by Crippen LogP contribution is 2.17. The van der Waals surface area contributed by atoms with Crippen molar-refractivity contribution in [1.29, 1.82) is 0 Å². The molecule has 1 aromatic rings. The number of nitrogens with one attached hydrogen (secondary N) is 1. The van der Waals surface area contributed by atoms with E-state index < -0.39 is 11.9 Å². The first-order valence-electron chi connectivity index (χ1n) is 3.91. The van der Waals surface area contributed by atoms with Gasteiger partial charge in [-0.3, -0.25) is 4.79 Å². The molecule has 1 rings (SSSR count). The minimum atomic E-state index is -1.16. The van der Waals surface area contributed by atoms with E-state index in [0.717, 1.165) is 0 Å². The lowest BCUT2D eigenvalue weighted by Crippen LogP contribution is -2.22. The van der Waals surface area contributed by atoms with Gasteiger partial charge in [0.15, 0.2) is 0 Å². The molecule has 1 amide bonds. The number of carboxylic acid groups (broad SMARTS) is 1. The molecule has 0 spiro atoms. The summed E-state index contributed by atoms with van der Waals surface area (Å²) >= 11 is 5.59. The van der Waals surface area contributed by atoms with E-state index in [0.29, 0.717) is 0 Å². The van der Waals surface area contributed by atoms with E-state index in [1.54, 1.807) is 0 Å². The zero-order valence-electron chi connectivity index (χ0n) is 7.53. The number of hydrogen-bond donors (Lipinski definition) is 3. The molecule has 0 aliphatic carbocycles. The van der Waals surface area contributed by atoms with Crippen LogP contribution in [0.5, 0.6) is 0 Å². The first kappa shape index (κ1) is 11.3. The van der Waals surface area contributed by atoms with Crippen LogP contribution in [-0.2, 0) is 4.79 Å². The highest BCUT2D eigenvalue weighted by Gasteiger charge is 2.10. The monoisotopic (exact) mass is 229 g/mol. The molecular formula is C8H8ClN3O3. The summed E-state index contributed by atoms with van der Waals surface area (Å²) in [5.41, 5.74) is 4.81. The topological polar surface area (TPSA) is 105 Å². The summed E-state index contributed by atoms with van der Waals surface area (Å²) in [5, 5.41) is 11.3. The Morgan fingerprint density at radius 2 is 2.27 bits per heavy atom. The van der Waals surface area contributed by atoms with Crippen molar-refractivity contribution in [1.82, 2.24) is 4.98 Å². The lowest BCUT2D eigenvalue weighted by atomic mass is 10.2. The van der Waals surface area contributed by atoms with Crippen LogP contribution in [0, 0.1) is 0 Å². The highest BCUT2D eigenvalue weighted by atomic mass is 35.5. The number of hydrogen-bond acceptors (Lipinski definition) is 4. The van der Waals surface area contributed by atoms with E-state index in [2.05, 4.69) is 10.3 Å². The maximum atomic E-state index is 10.7. The fourth-order valence-corrected chi connectivity index (χ4v) is 1.06. The molecule has 0 atom stereocenters. The van der Waals surface area contributed by atoms with Crippen LogP contribution in [0.3, 0.4) is 0 Å². The van der Waals surface area contributed by atoms with Gasteiger partial charge in [-0.25, -0.2) is 9.78 Å². The predicted molar refractivity (Wildman–Crippen MR) is 53.9 cm³/mol. The summed E-state index contributed by atoms with van der Waals surface area (Å²) in [6.45, 7) is -0.117. The fourth-order valence-electron chi connectivity index (χ4n) is 0.877. The number of halogens is 1. The molecular weight excluding hydrogens is 222 g/mol. The predicted octanol–water partition coefficient (Wildman–Crippen LogP) is 0.330. The number of amides is 1. The highest BCUT2D eigenvalue weighted by molar-refractivity contribution is 6.33. The second-order valence-corrected chi connectivity index (χ2v) is 3.08. The van der Waals surface area contributed by atoms with Gasteiger partial charge in [0.05, 0.1) is 17.1 Å². The summed E-state index contributed by atoms with van der Waals surface area (Å²) in [4.78, 5) is 24.9. The molecule has 0 aromatic carbocycles. The van der Waals surface area contributed by atoms with Gasteiger partial charge < -0.3 is 16.2 Å². The second kappa shape index (κ2) is 4.61. The first-order valence-corrected chi connectivity index (χ1v) is 4.29. The minimum Gasteiger partial charge on any atom is -0.478 e. The molecule has 0 radical (unpaired) electrons. The van der Waals surface area contributed by atoms with Gasteiger partial charge in [0, 0.05) is 6.20 Å². The van der Waals surface area contributed by atoms with Crippen LogP contribution in [-0.4, -0.2) is 28.5 Å². The molecule has 6 nitrogen and oxygen atoms in total. The molecule has 0 fully saturated rings. The smallest absolute Gasteiger partial charge is 0.337 e. The van der Waals surface area contributed by atoms with Gasteiger partial charge in [0.1, 0.15) is 5.82 Å². The maximum Gasteiger partial charge on any atom is 0.337 e. The molecule has 1 heterocycles. The molecule has 80 valence electrons. The molecule has 7 heteroatoms. The maximum absolute atomic E-state index is 10.7. The molecule has 0 aliphatic heterocycles. The van der Waals surface area contributed by atoms with E-state index in [1.807, 2.05) is 0 Å². The third-order valence-electron chi connectivity index (χ3n) is 1.53. The number of carboxylic acids is 1. The number of anilines is 1. The van der Waals surface area contributed by atoms with Crippen molar-refractivity contribution in [3.8, 4) is 0 Å². The van der Waals surface area contributed by atoms with E-state index >= 15 is 0 Å². The number of aromatic carboxylic acids is 1. The van der Waals surface area contributed by atoms with Gasteiger partial charge in [-0.1, -0.05) is 11.6 Å². The van der Waals surface area contributed by atoms with Crippen molar-refractivity contribution in [2.24, 2.45) is 5.73 Å². The van der Waals surface area contributed by atoms with Gasteiger partial charge in [-0.15, -0.1) is 0 Å². The standard InChI is InChI=1S/C8H8ClN3O3/c9-5-2-11-7(12-3-6(10)13)1-4(5)8(14)15/h1-2H,3H2,(H2,10,13)(H,11,12)(H,14,15). The summed E-state index contributed by atoms with van der Waals surface area (Å²) in [6, 6.07) is 1.23. The lowest BCUT2D eigenvalue weighted by Gasteiger charge is -2.04. The van der Waals surface area contributed by atoms with Crippen LogP contribution in [0.4, 0.5) is 5.82 Å². The van der Waals surface area contributed by atoms with Crippen molar-refractivity contribution in [2.45, 2.75) is 0 Å². The summed E-state index contributed by atoms with van der Waals surface area (Å²) in [6.07, 6.45) is 1.19. The molecule has 0 aliphatic rings. The molecule has 1 aromatic heterocycles. The van der Waals surface area contributed by atoms with Crippen LogP contribution in [0.15, 0.2) is 12.3 Å². The summed E-state index contributed by atoms with van der Waals surface area (Å²) in [5.74, 6) is -1.50. The van der Waals surface area contributed by atoms with E-state index in [-0.39, 0.29) is 22.9 Å². The van der Waals surface area contributed by atoms with Gasteiger partial charge >= 0.3 is 5.97 Å². The Morgan fingerprint density at radius 3 is 2.80 bits per heavy atom. The van der Waals surface area contributed by atoms with Gasteiger partial charge in [0.25, 0.3) is 0 Å². The summed E-state index contributed by atoms with van der Waals surface area (Å²) < 4.78 is 0. The number of rotatable bonds is 4. The van der Waals surface area contributed by atoms with Gasteiger partial charge in [-0.05, 0) is 6.07 Å². The normalized spacial score (nSPS) is 9.67. The number of carbonyl (C=O) groups excluding carboxylic acids is 1. The molecule has 0 saturated heterocycles. The van der Waals surface area contributed by atoms with Crippen molar-refractivity contribution in [3.63, 3.8) is 0 Å². The Hall–Kier alpha value is -1.82. The summed E-state index contributed by atoms with van der Waals surface area (Å²) in [7, 11) is 0. The van der Waals surface area contributed by atoms with Crippen LogP contribution >= 0.6 is 11.6 Å². The molecule has 4 N–H and O–H groups in total. The Kier molecular flexibility index (Phi) is 3.46. The van der Waals surface area contributed by atoms with E-state index in [4.69, 9.17) is 22.4 Å². The van der Waals surface area contributed by atoms with E-state index in [1.165, 1.54) is 12.3 Å². The first-order chi connectivity index (χ1) is 7.00. The Balaban J connectivity index is 2.87. The zero-order chi connectivity index (χ0) is 11.4. The fraction of sp³-hybridized carbons (Fsp3) is 0.125. The number of pyridine rings is 1. The number of carbonyl (C=O) groups is 2. The largest absolute Gasteiger partial charge is 0.478 e. The lowest BCUT2D eigenvalue weighted by molar-refractivity contribution is -0.116. The Morgan fingerprint density at radius 1 is 1.60 bits per heavy atom. The number of aromatic nitrogens is 1. The number of primary amides is 1. The third-order valence-corrected chi connectivity index (χ3v) is 1.83. The quantitative estimate of drug-likeness (QED) is 0.690. The van der Waals surface area contributed by atoms with Crippen LogP contribution in [0.25, 0.3) is 0 Å². The molecule has 0 unspecified atom stereocenters.